The minimum atomic E-state index is -0.162. The molecule has 5 aromatic carbocycles. The Hall–Kier alpha value is -6.00. The summed E-state index contributed by atoms with van der Waals surface area (Å²) in [5, 5.41) is 2.72. The molecule has 1 aromatic heterocycles. The van der Waals surface area contributed by atoms with Gasteiger partial charge in [0.1, 0.15) is 11.6 Å². The van der Waals surface area contributed by atoms with Gasteiger partial charge in [-0.3, -0.25) is 9.36 Å². The summed E-state index contributed by atoms with van der Waals surface area (Å²) < 4.78 is 23.5. The first-order chi connectivity index (χ1) is 22.4. The zero-order valence-corrected chi connectivity index (χ0v) is 26.3. The van der Waals surface area contributed by atoms with Gasteiger partial charge >= 0.3 is 0 Å². The van der Waals surface area contributed by atoms with Crippen LogP contribution in [0.4, 0.5) is 0 Å². The predicted molar refractivity (Wildman–Crippen MR) is 184 cm³/mol. The van der Waals surface area contributed by atoms with Crippen molar-refractivity contribution in [3.8, 4) is 40.5 Å². The molecule has 0 spiro atoms. The fraction of sp³-hybridized carbons (Fsp3) is 0.128. The maximum Gasteiger partial charge on any atom is 0.266 e. The second-order valence-electron chi connectivity index (χ2n) is 10.6. The van der Waals surface area contributed by atoms with Crippen LogP contribution in [0, 0.1) is 18.8 Å². The lowest BCUT2D eigenvalue weighted by molar-refractivity contribution is 0.324. The lowest BCUT2D eigenvalue weighted by Gasteiger charge is -2.15. The topological polar surface area (TPSA) is 71.8 Å². The molecule has 0 aliphatic heterocycles. The van der Waals surface area contributed by atoms with Gasteiger partial charge in [0.25, 0.3) is 5.56 Å². The Kier molecular flexibility index (Phi) is 8.44. The quantitative estimate of drug-likeness (QED) is 0.175. The molecule has 0 amide bonds. The van der Waals surface area contributed by atoms with Crippen molar-refractivity contribution < 1.29 is 18.9 Å². The first-order valence-electron chi connectivity index (χ1n) is 14.6. The van der Waals surface area contributed by atoms with Gasteiger partial charge in [-0.1, -0.05) is 42.2 Å². The Bertz CT molecular complexity index is 2230. The first kappa shape index (κ1) is 30.0. The van der Waals surface area contributed by atoms with Crippen molar-refractivity contribution in [2.75, 3.05) is 28.4 Å². The number of methoxy groups -OCH3 is 4. The number of aryl methyl sites for hydroxylation is 1. The maximum absolute atomic E-state index is 13.9. The molecule has 0 fully saturated rings. The third kappa shape index (κ3) is 5.89. The Morgan fingerprint density at radius 2 is 1.37 bits per heavy atom. The fourth-order valence-electron chi connectivity index (χ4n) is 5.42. The van der Waals surface area contributed by atoms with E-state index in [0.717, 1.165) is 44.5 Å². The molecule has 7 heteroatoms. The van der Waals surface area contributed by atoms with Crippen LogP contribution >= 0.6 is 0 Å². The largest absolute Gasteiger partial charge is 0.497 e. The van der Waals surface area contributed by atoms with E-state index in [2.05, 4.69) is 17.9 Å². The average molecular weight is 609 g/mol. The van der Waals surface area contributed by atoms with Gasteiger partial charge in [-0.15, -0.1) is 0 Å². The molecular formula is C39H32N2O5. The minimum Gasteiger partial charge on any atom is -0.497 e. The molecule has 0 saturated carbocycles. The molecule has 46 heavy (non-hydrogen) atoms. The Morgan fingerprint density at radius 1 is 0.696 bits per heavy atom. The molecule has 0 bridgehead atoms. The van der Waals surface area contributed by atoms with E-state index < -0.39 is 0 Å². The zero-order valence-electron chi connectivity index (χ0n) is 26.3. The third-order valence-electron chi connectivity index (χ3n) is 7.75. The summed E-state index contributed by atoms with van der Waals surface area (Å²) >= 11 is 0. The van der Waals surface area contributed by atoms with E-state index in [0.29, 0.717) is 34.0 Å². The monoisotopic (exact) mass is 608 g/mol. The van der Waals surface area contributed by atoms with Gasteiger partial charge in [0.2, 0.25) is 5.75 Å². The second-order valence-corrected chi connectivity index (χ2v) is 10.6. The highest BCUT2D eigenvalue weighted by Gasteiger charge is 2.15. The van der Waals surface area contributed by atoms with Crippen LogP contribution in [0.2, 0.25) is 0 Å². The van der Waals surface area contributed by atoms with Crippen molar-refractivity contribution in [2.24, 2.45) is 0 Å². The summed E-state index contributed by atoms with van der Waals surface area (Å²) in [6.07, 6.45) is 3.68. The van der Waals surface area contributed by atoms with Crippen LogP contribution in [-0.4, -0.2) is 38.0 Å². The SMILES string of the molecule is COc1ccc2cc(C#Cc3ccc(-n4c(/C=C/c5cc(OC)c(OC)c(OC)c5)nc5ccccc5c4=O)c(C)c3)ccc2c1. The molecule has 0 unspecified atom stereocenters. The van der Waals surface area contributed by atoms with Crippen LogP contribution in [0.15, 0.2) is 95.8 Å². The van der Waals surface area contributed by atoms with Crippen LogP contribution < -0.4 is 24.5 Å². The average Bonchev–Trinajstić information content (AvgIpc) is 3.09. The Labute approximate surface area is 267 Å². The molecule has 0 atom stereocenters. The van der Waals surface area contributed by atoms with E-state index in [-0.39, 0.29) is 5.56 Å². The van der Waals surface area contributed by atoms with Crippen molar-refractivity contribution >= 4 is 33.8 Å². The van der Waals surface area contributed by atoms with Gasteiger partial charge in [-0.05, 0) is 102 Å². The van der Waals surface area contributed by atoms with Crippen LogP contribution in [0.3, 0.4) is 0 Å². The molecular weight excluding hydrogens is 576 g/mol. The van der Waals surface area contributed by atoms with Gasteiger partial charge in [0.15, 0.2) is 11.5 Å². The molecule has 0 aliphatic rings. The molecule has 0 aliphatic carbocycles. The van der Waals surface area contributed by atoms with Crippen LogP contribution in [0.25, 0.3) is 39.5 Å². The molecule has 1 heterocycles. The van der Waals surface area contributed by atoms with Gasteiger partial charge in [-0.25, -0.2) is 4.98 Å². The smallest absolute Gasteiger partial charge is 0.266 e. The maximum atomic E-state index is 13.9. The number of aromatic nitrogens is 2. The van der Waals surface area contributed by atoms with E-state index in [1.54, 1.807) is 39.1 Å². The van der Waals surface area contributed by atoms with E-state index in [1.807, 2.05) is 97.9 Å². The first-order valence-corrected chi connectivity index (χ1v) is 14.6. The number of ether oxygens (including phenoxy) is 4. The van der Waals surface area contributed by atoms with Crippen LogP contribution in [0.5, 0.6) is 23.0 Å². The van der Waals surface area contributed by atoms with Crippen LogP contribution in [0.1, 0.15) is 28.1 Å². The number of benzene rings is 5. The van der Waals surface area contributed by atoms with Crippen molar-refractivity contribution in [1.29, 1.82) is 0 Å². The Morgan fingerprint density at radius 3 is 2.07 bits per heavy atom. The predicted octanol–water partition coefficient (Wildman–Crippen LogP) is 7.45. The van der Waals surface area contributed by atoms with E-state index >= 15 is 0 Å². The van der Waals surface area contributed by atoms with E-state index in [4.69, 9.17) is 23.9 Å². The molecule has 7 nitrogen and oxygen atoms in total. The number of hydrogen-bond acceptors (Lipinski definition) is 6. The Balaban J connectivity index is 1.39. The molecule has 0 N–H and O–H groups in total. The third-order valence-corrected chi connectivity index (χ3v) is 7.75. The zero-order chi connectivity index (χ0) is 32.2. The summed E-state index contributed by atoms with van der Waals surface area (Å²) in [4.78, 5) is 18.8. The second kappa shape index (κ2) is 12.9. The van der Waals surface area contributed by atoms with E-state index in [9.17, 15) is 4.79 Å². The van der Waals surface area contributed by atoms with Gasteiger partial charge in [0.05, 0.1) is 45.0 Å². The number of rotatable bonds is 7. The van der Waals surface area contributed by atoms with Gasteiger partial charge in [0, 0.05) is 11.1 Å². The lowest BCUT2D eigenvalue weighted by Crippen LogP contribution is -2.23. The van der Waals surface area contributed by atoms with Crippen molar-refractivity contribution in [3.63, 3.8) is 0 Å². The normalized spacial score (nSPS) is 11.0. The summed E-state index contributed by atoms with van der Waals surface area (Å²) in [6, 6.07) is 29.0. The summed E-state index contributed by atoms with van der Waals surface area (Å²) in [5.41, 5.74) is 4.60. The summed E-state index contributed by atoms with van der Waals surface area (Å²) in [6.45, 7) is 1.97. The highest BCUT2D eigenvalue weighted by Crippen LogP contribution is 2.38. The summed E-state index contributed by atoms with van der Waals surface area (Å²) in [5.74, 6) is 9.42. The number of nitrogens with zero attached hydrogens (tertiary/aromatic N) is 2. The number of fused-ring (bicyclic) bond motifs is 2. The minimum absolute atomic E-state index is 0.162. The standard InChI is InChI=1S/C39H32N2O5/c1-25-20-26(10-11-27-12-15-30-24-31(43-2)17-16-29(30)21-27)13-18-34(25)41-37(40-33-9-7-6-8-32(33)39(41)42)19-14-28-22-35(44-3)38(46-5)36(23-28)45-4/h6-9,12-24H,1-5H3/b19-14+. The molecule has 6 rings (SSSR count). The van der Waals surface area contributed by atoms with Crippen LogP contribution in [-0.2, 0) is 0 Å². The molecule has 6 aromatic rings. The number of hydrogen-bond donors (Lipinski definition) is 0. The highest BCUT2D eigenvalue weighted by atomic mass is 16.5. The number of para-hydroxylation sites is 1. The highest BCUT2D eigenvalue weighted by molar-refractivity contribution is 5.85. The molecule has 228 valence electrons. The van der Waals surface area contributed by atoms with Crippen molar-refractivity contribution in [3.05, 3.63) is 129 Å². The fourth-order valence-corrected chi connectivity index (χ4v) is 5.42. The lowest BCUT2D eigenvalue weighted by atomic mass is 10.1. The van der Waals surface area contributed by atoms with Gasteiger partial charge < -0.3 is 18.9 Å². The molecule has 0 saturated heterocycles. The molecule has 0 radical (unpaired) electrons. The summed E-state index contributed by atoms with van der Waals surface area (Å²) in [7, 11) is 6.37. The van der Waals surface area contributed by atoms with Gasteiger partial charge in [-0.2, -0.15) is 0 Å². The van der Waals surface area contributed by atoms with Crippen molar-refractivity contribution in [1.82, 2.24) is 9.55 Å². The van der Waals surface area contributed by atoms with Crippen molar-refractivity contribution in [2.45, 2.75) is 6.92 Å². The van der Waals surface area contributed by atoms with E-state index in [1.165, 1.54) is 0 Å².